The van der Waals surface area contributed by atoms with Crippen LogP contribution in [0.2, 0.25) is 0 Å². The van der Waals surface area contributed by atoms with E-state index in [2.05, 4.69) is 0 Å². The predicted octanol–water partition coefficient (Wildman–Crippen LogP) is 4.04. The molecule has 0 fully saturated rings. The molecule has 17 heavy (non-hydrogen) atoms. The molecule has 2 aromatic rings. The first-order chi connectivity index (χ1) is 7.99. The first-order valence-electron chi connectivity index (χ1n) is 5.37. The van der Waals surface area contributed by atoms with Gasteiger partial charge >= 0.3 is 0 Å². The van der Waals surface area contributed by atoms with Gasteiger partial charge in [0.2, 0.25) is 5.78 Å². The average Bonchev–Trinajstić information content (AvgIpc) is 2.61. The van der Waals surface area contributed by atoms with Gasteiger partial charge in [-0.25, -0.2) is 4.39 Å². The summed E-state index contributed by atoms with van der Waals surface area (Å²) in [6.45, 7) is 5.55. The van der Waals surface area contributed by atoms with E-state index in [1.54, 1.807) is 19.1 Å². The van der Waals surface area contributed by atoms with Crippen LogP contribution in [0.25, 0.3) is 0 Å². The summed E-state index contributed by atoms with van der Waals surface area (Å²) in [6.07, 6.45) is 0. The number of benzene rings is 1. The van der Waals surface area contributed by atoms with Crippen LogP contribution in [0.15, 0.2) is 24.3 Å². The van der Waals surface area contributed by atoms with Gasteiger partial charge in [0.25, 0.3) is 0 Å². The maximum absolute atomic E-state index is 13.4. The molecular formula is C14H13FOS. The lowest BCUT2D eigenvalue weighted by molar-refractivity contribution is 0.104. The summed E-state index contributed by atoms with van der Waals surface area (Å²) >= 11 is 1.46. The van der Waals surface area contributed by atoms with Crippen molar-refractivity contribution in [3.8, 4) is 0 Å². The normalized spacial score (nSPS) is 10.6. The van der Waals surface area contributed by atoms with Gasteiger partial charge in [0.1, 0.15) is 5.82 Å². The lowest BCUT2D eigenvalue weighted by Gasteiger charge is -2.02. The molecular weight excluding hydrogens is 235 g/mol. The van der Waals surface area contributed by atoms with E-state index in [1.807, 2.05) is 19.9 Å². The summed E-state index contributed by atoms with van der Waals surface area (Å²) in [5.41, 5.74) is 1.93. The second-order valence-corrected chi connectivity index (χ2v) is 5.42. The van der Waals surface area contributed by atoms with Crippen molar-refractivity contribution in [1.29, 1.82) is 0 Å². The zero-order valence-electron chi connectivity index (χ0n) is 10.0. The number of thiophene rings is 1. The van der Waals surface area contributed by atoms with Crippen molar-refractivity contribution in [2.75, 3.05) is 0 Å². The summed E-state index contributed by atoms with van der Waals surface area (Å²) in [4.78, 5) is 14.0. The predicted molar refractivity (Wildman–Crippen MR) is 68.4 cm³/mol. The molecule has 3 heteroatoms. The molecule has 0 aliphatic heterocycles. The molecule has 2 rings (SSSR count). The summed E-state index contributed by atoms with van der Waals surface area (Å²) in [7, 11) is 0. The van der Waals surface area contributed by atoms with Gasteiger partial charge in [0.05, 0.1) is 4.88 Å². The first-order valence-corrected chi connectivity index (χ1v) is 6.18. The minimum atomic E-state index is -0.332. The Bertz CT molecular complexity index is 584. The van der Waals surface area contributed by atoms with Gasteiger partial charge in [0, 0.05) is 10.4 Å². The summed E-state index contributed by atoms with van der Waals surface area (Å²) in [5, 5.41) is 0. The van der Waals surface area contributed by atoms with Crippen molar-refractivity contribution in [3.05, 3.63) is 56.5 Å². The quantitative estimate of drug-likeness (QED) is 0.733. The van der Waals surface area contributed by atoms with Crippen molar-refractivity contribution in [2.24, 2.45) is 0 Å². The van der Waals surface area contributed by atoms with Crippen LogP contribution < -0.4 is 0 Å². The van der Waals surface area contributed by atoms with Crippen molar-refractivity contribution >= 4 is 17.1 Å². The maximum atomic E-state index is 13.4. The van der Waals surface area contributed by atoms with E-state index in [1.165, 1.54) is 17.4 Å². The number of halogens is 1. The van der Waals surface area contributed by atoms with Crippen LogP contribution in [0, 0.1) is 26.6 Å². The zero-order chi connectivity index (χ0) is 12.6. The van der Waals surface area contributed by atoms with Crippen LogP contribution in [0.5, 0.6) is 0 Å². The third kappa shape index (κ3) is 2.29. The molecule has 0 aliphatic rings. The van der Waals surface area contributed by atoms with E-state index >= 15 is 0 Å². The second kappa shape index (κ2) is 4.41. The lowest BCUT2D eigenvalue weighted by atomic mass is 10.1. The summed E-state index contributed by atoms with van der Waals surface area (Å²) in [6, 6.07) is 6.60. The Morgan fingerprint density at radius 3 is 2.35 bits per heavy atom. The highest BCUT2D eigenvalue weighted by molar-refractivity contribution is 7.14. The van der Waals surface area contributed by atoms with Gasteiger partial charge in [0.15, 0.2) is 0 Å². The summed E-state index contributed by atoms with van der Waals surface area (Å²) in [5.74, 6) is -0.429. The van der Waals surface area contributed by atoms with Gasteiger partial charge in [-0.3, -0.25) is 4.79 Å². The van der Waals surface area contributed by atoms with E-state index in [9.17, 15) is 9.18 Å². The molecule has 0 amide bonds. The third-order valence-corrected chi connectivity index (χ3v) is 3.83. The number of carbonyl (C=O) groups excluding carboxylic acids is 1. The fraction of sp³-hybridized carbons (Fsp3) is 0.214. The molecule has 0 spiro atoms. The Hall–Kier alpha value is -1.48. The fourth-order valence-corrected chi connectivity index (χ4v) is 2.72. The van der Waals surface area contributed by atoms with E-state index in [0.717, 1.165) is 10.4 Å². The van der Waals surface area contributed by atoms with Crippen LogP contribution in [0.1, 0.15) is 31.2 Å². The Morgan fingerprint density at radius 1 is 1.12 bits per heavy atom. The topological polar surface area (TPSA) is 17.1 Å². The Balaban J connectivity index is 2.44. The van der Waals surface area contributed by atoms with E-state index in [-0.39, 0.29) is 11.6 Å². The molecule has 0 radical (unpaired) electrons. The highest BCUT2D eigenvalue weighted by Crippen LogP contribution is 2.24. The van der Waals surface area contributed by atoms with Crippen LogP contribution in [0.3, 0.4) is 0 Å². The lowest BCUT2D eigenvalue weighted by Crippen LogP contribution is -2.01. The Labute approximate surface area is 104 Å². The largest absolute Gasteiger partial charge is 0.288 e. The van der Waals surface area contributed by atoms with Crippen molar-refractivity contribution < 1.29 is 9.18 Å². The molecule has 0 saturated carbocycles. The van der Waals surface area contributed by atoms with E-state index < -0.39 is 0 Å². The number of carbonyl (C=O) groups is 1. The number of hydrogen-bond donors (Lipinski definition) is 0. The minimum Gasteiger partial charge on any atom is -0.288 e. The van der Waals surface area contributed by atoms with Crippen LogP contribution in [-0.2, 0) is 0 Å². The van der Waals surface area contributed by atoms with Gasteiger partial charge in [-0.05, 0) is 44.0 Å². The van der Waals surface area contributed by atoms with Crippen molar-refractivity contribution in [1.82, 2.24) is 0 Å². The van der Waals surface area contributed by atoms with Gasteiger partial charge in [-0.1, -0.05) is 12.1 Å². The third-order valence-electron chi connectivity index (χ3n) is 2.68. The molecule has 1 nitrogen and oxygen atoms in total. The summed E-state index contributed by atoms with van der Waals surface area (Å²) < 4.78 is 13.4. The molecule has 88 valence electrons. The van der Waals surface area contributed by atoms with Gasteiger partial charge < -0.3 is 0 Å². The highest BCUT2D eigenvalue weighted by Gasteiger charge is 2.15. The monoisotopic (exact) mass is 248 g/mol. The Morgan fingerprint density at radius 2 is 1.82 bits per heavy atom. The van der Waals surface area contributed by atoms with Crippen molar-refractivity contribution in [2.45, 2.75) is 20.8 Å². The SMILES string of the molecule is Cc1cc(C)c(C(=O)c2ccc(C)c(F)c2)s1. The number of ketones is 1. The highest BCUT2D eigenvalue weighted by atomic mass is 32.1. The number of hydrogen-bond acceptors (Lipinski definition) is 2. The maximum Gasteiger partial charge on any atom is 0.203 e. The minimum absolute atomic E-state index is 0.0977. The van der Waals surface area contributed by atoms with Crippen LogP contribution >= 0.6 is 11.3 Å². The Kier molecular flexibility index (Phi) is 3.11. The van der Waals surface area contributed by atoms with Crippen LogP contribution in [0.4, 0.5) is 4.39 Å². The second-order valence-electron chi connectivity index (χ2n) is 4.16. The molecule has 1 aromatic carbocycles. The number of rotatable bonds is 2. The molecule has 0 N–H and O–H groups in total. The number of aryl methyl sites for hydroxylation is 3. The molecule has 0 bridgehead atoms. The fourth-order valence-electron chi connectivity index (χ4n) is 1.73. The molecule has 1 aromatic heterocycles. The zero-order valence-corrected chi connectivity index (χ0v) is 10.8. The first kappa shape index (κ1) is 12.0. The molecule has 0 unspecified atom stereocenters. The molecule has 0 saturated heterocycles. The van der Waals surface area contributed by atoms with Gasteiger partial charge in [-0.15, -0.1) is 11.3 Å². The average molecular weight is 248 g/mol. The van der Waals surface area contributed by atoms with Crippen molar-refractivity contribution in [3.63, 3.8) is 0 Å². The standard InChI is InChI=1S/C14H13FOS/c1-8-4-5-11(7-12(8)15)13(16)14-9(2)6-10(3)17-14/h4-7H,1-3H3. The molecule has 1 heterocycles. The smallest absolute Gasteiger partial charge is 0.203 e. The van der Waals surface area contributed by atoms with E-state index in [4.69, 9.17) is 0 Å². The molecule has 0 atom stereocenters. The van der Waals surface area contributed by atoms with E-state index in [0.29, 0.717) is 16.0 Å². The van der Waals surface area contributed by atoms with Gasteiger partial charge in [-0.2, -0.15) is 0 Å². The van der Waals surface area contributed by atoms with Crippen LogP contribution in [-0.4, -0.2) is 5.78 Å². The molecule has 0 aliphatic carbocycles.